The van der Waals surface area contributed by atoms with E-state index in [0.29, 0.717) is 44.2 Å². The number of carbonyl (C=O) groups excluding carboxylic acids is 2. The molecule has 0 radical (unpaired) electrons. The zero-order chi connectivity index (χ0) is 37.3. The van der Waals surface area contributed by atoms with Crippen LogP contribution in [0.1, 0.15) is 41.6 Å². The number of carbonyl (C=O) groups is 2. The number of para-hydroxylation sites is 3. The Morgan fingerprint density at radius 2 is 1.70 bits per heavy atom. The summed E-state index contributed by atoms with van der Waals surface area (Å²) < 4.78 is 21.1. The van der Waals surface area contributed by atoms with E-state index in [9.17, 15) is 14.4 Å². The second-order valence-corrected chi connectivity index (χ2v) is 14.0. The van der Waals surface area contributed by atoms with Crippen molar-refractivity contribution in [2.24, 2.45) is 4.99 Å². The fourth-order valence-electron chi connectivity index (χ4n) is 7.55. The second-order valence-electron chi connectivity index (χ2n) is 13.0. The summed E-state index contributed by atoms with van der Waals surface area (Å²) in [4.78, 5) is 49.9. The first-order valence-electron chi connectivity index (χ1n) is 17.9. The Morgan fingerprint density at radius 1 is 0.926 bits per heavy atom. The first-order chi connectivity index (χ1) is 26.4. The minimum Gasteiger partial charge on any atom is -0.493 e. The van der Waals surface area contributed by atoms with Crippen LogP contribution in [0.2, 0.25) is 0 Å². The molecule has 2 aliphatic heterocycles. The number of fused-ring (bicyclic) bond motifs is 3. The van der Waals surface area contributed by atoms with Gasteiger partial charge in [-0.25, -0.2) is 9.79 Å². The number of esters is 1. The van der Waals surface area contributed by atoms with Gasteiger partial charge in [-0.05, 0) is 49.6 Å². The molecule has 6 aromatic rings. The number of amides is 1. The van der Waals surface area contributed by atoms with Crippen LogP contribution in [0.5, 0.6) is 11.5 Å². The molecule has 1 amide bonds. The van der Waals surface area contributed by atoms with Crippen LogP contribution in [-0.4, -0.2) is 48.4 Å². The quantitative estimate of drug-likeness (QED) is 0.172. The van der Waals surface area contributed by atoms with Gasteiger partial charge >= 0.3 is 5.97 Å². The van der Waals surface area contributed by atoms with Gasteiger partial charge in [0.2, 0.25) is 5.91 Å². The average Bonchev–Trinajstić information content (AvgIpc) is 3.72. The smallest absolute Gasteiger partial charge is 0.338 e. The number of hydrogen-bond acceptors (Lipinski definition) is 8. The maximum atomic E-state index is 14.7. The fourth-order valence-corrected chi connectivity index (χ4v) is 8.54. The van der Waals surface area contributed by atoms with Crippen molar-refractivity contribution in [2.75, 3.05) is 32.3 Å². The lowest BCUT2D eigenvalue weighted by molar-refractivity contribution is -0.138. The van der Waals surface area contributed by atoms with Gasteiger partial charge in [0.25, 0.3) is 5.56 Å². The maximum Gasteiger partial charge on any atom is 0.338 e. The molecule has 0 aliphatic carbocycles. The molecule has 0 spiro atoms. The molecule has 10 nitrogen and oxygen atoms in total. The molecule has 8 rings (SSSR count). The van der Waals surface area contributed by atoms with Crippen LogP contribution in [-0.2, 0) is 27.3 Å². The average molecular weight is 739 g/mol. The third kappa shape index (κ3) is 6.10. The predicted octanol–water partition coefficient (Wildman–Crippen LogP) is 5.89. The number of thiazole rings is 1. The van der Waals surface area contributed by atoms with E-state index < -0.39 is 12.0 Å². The highest BCUT2D eigenvalue weighted by molar-refractivity contribution is 7.07. The first-order valence-corrected chi connectivity index (χ1v) is 18.7. The normalized spacial score (nSPS) is 15.4. The molecule has 54 heavy (non-hydrogen) atoms. The van der Waals surface area contributed by atoms with Crippen molar-refractivity contribution >= 4 is 51.6 Å². The largest absolute Gasteiger partial charge is 0.493 e. The van der Waals surface area contributed by atoms with Crippen LogP contribution < -0.4 is 29.3 Å². The standard InChI is InChI=1S/C43H38N4O6S/c1-4-53-42(50)37-38(28-15-6-5-7-16-28)44-43-47(39(37)31-19-12-22-34(51-2)40(31)52-3)41(49)35(54-43)24-29-25-45(33-21-11-9-18-30(29)33)26-36(48)46-23-13-17-27-14-8-10-20-32(27)46/h5-12,14-16,18-22,24-25,39H,4,13,17,23,26H2,1-3H3/b35-24-. The topological polar surface area (TPSA) is 104 Å². The lowest BCUT2D eigenvalue weighted by Gasteiger charge is -2.29. The molecular formula is C43H38N4O6S. The van der Waals surface area contributed by atoms with Crippen LogP contribution in [0, 0.1) is 0 Å². The Kier molecular flexibility index (Phi) is 9.47. The van der Waals surface area contributed by atoms with Crippen molar-refractivity contribution in [3.8, 4) is 11.5 Å². The van der Waals surface area contributed by atoms with Gasteiger partial charge in [-0.2, -0.15) is 0 Å². The molecule has 2 aromatic heterocycles. The number of aromatic nitrogens is 2. The molecular weight excluding hydrogens is 701 g/mol. The van der Waals surface area contributed by atoms with Gasteiger partial charge in [-0.15, -0.1) is 0 Å². The summed E-state index contributed by atoms with van der Waals surface area (Å²) in [6, 6.07) is 29.8. The maximum absolute atomic E-state index is 14.7. The Hall–Kier alpha value is -6.20. The Labute approximate surface area is 315 Å². The monoisotopic (exact) mass is 738 g/mol. The van der Waals surface area contributed by atoms with E-state index in [0.717, 1.165) is 35.0 Å². The van der Waals surface area contributed by atoms with E-state index >= 15 is 0 Å². The van der Waals surface area contributed by atoms with Crippen molar-refractivity contribution in [2.45, 2.75) is 32.4 Å². The van der Waals surface area contributed by atoms with Crippen LogP contribution in [0.25, 0.3) is 22.7 Å². The minimum atomic E-state index is -0.950. The molecule has 2 aliphatic rings. The van der Waals surface area contributed by atoms with E-state index in [2.05, 4.69) is 6.07 Å². The molecule has 11 heteroatoms. The van der Waals surface area contributed by atoms with Gasteiger partial charge < -0.3 is 23.7 Å². The lowest BCUT2D eigenvalue weighted by Crippen LogP contribution is -2.40. The Balaban J connectivity index is 1.30. The summed E-state index contributed by atoms with van der Waals surface area (Å²) in [7, 11) is 3.07. The van der Waals surface area contributed by atoms with E-state index in [-0.39, 0.29) is 30.2 Å². The number of aryl methyl sites for hydroxylation is 1. The second kappa shape index (κ2) is 14.7. The zero-order valence-corrected chi connectivity index (χ0v) is 31.0. The van der Waals surface area contributed by atoms with E-state index in [1.54, 1.807) is 30.7 Å². The van der Waals surface area contributed by atoms with Crippen LogP contribution in [0.15, 0.2) is 119 Å². The zero-order valence-electron chi connectivity index (χ0n) is 30.2. The third-order valence-corrected chi connectivity index (χ3v) is 10.9. The fraction of sp³-hybridized carbons (Fsp3) is 0.209. The van der Waals surface area contributed by atoms with Gasteiger partial charge in [0.05, 0.1) is 36.6 Å². The molecule has 0 N–H and O–H groups in total. The van der Waals surface area contributed by atoms with Crippen LogP contribution >= 0.6 is 11.3 Å². The summed E-state index contributed by atoms with van der Waals surface area (Å²) in [6.07, 6.45) is 5.64. The third-order valence-electron chi connectivity index (χ3n) is 9.92. The first kappa shape index (κ1) is 34.9. The Bertz CT molecular complexity index is 2640. The van der Waals surface area contributed by atoms with Crippen molar-refractivity contribution < 1.29 is 23.8 Å². The molecule has 0 bridgehead atoms. The molecule has 4 heterocycles. The van der Waals surface area contributed by atoms with Gasteiger partial charge in [0, 0.05) is 46.0 Å². The van der Waals surface area contributed by atoms with Crippen molar-refractivity contribution in [3.05, 3.63) is 151 Å². The number of nitrogens with zero attached hydrogens (tertiary/aromatic N) is 4. The van der Waals surface area contributed by atoms with Crippen LogP contribution in [0.4, 0.5) is 5.69 Å². The van der Waals surface area contributed by atoms with Gasteiger partial charge in [-0.1, -0.05) is 90.2 Å². The van der Waals surface area contributed by atoms with E-state index in [1.807, 2.05) is 101 Å². The van der Waals surface area contributed by atoms with E-state index in [1.165, 1.54) is 24.0 Å². The highest BCUT2D eigenvalue weighted by Crippen LogP contribution is 2.42. The number of ether oxygens (including phenoxy) is 3. The van der Waals surface area contributed by atoms with Crippen molar-refractivity contribution in [3.63, 3.8) is 0 Å². The molecule has 1 unspecified atom stereocenters. The van der Waals surface area contributed by atoms with Gasteiger partial charge in [0.15, 0.2) is 16.3 Å². The molecule has 4 aromatic carbocycles. The summed E-state index contributed by atoms with van der Waals surface area (Å²) in [5, 5.41) is 0.901. The summed E-state index contributed by atoms with van der Waals surface area (Å²) in [5.74, 6) is 0.253. The SMILES string of the molecule is CCOC(=O)C1=C(c2ccccc2)N=c2s/c(=C\c3cn(CC(=O)N4CCCc5ccccc54)c4ccccc34)c(=O)n2C1c1cccc(OC)c1OC. The number of anilines is 1. The molecule has 0 fully saturated rings. The predicted molar refractivity (Wildman–Crippen MR) is 210 cm³/mol. The van der Waals surface area contributed by atoms with Crippen molar-refractivity contribution in [1.29, 1.82) is 0 Å². The lowest BCUT2D eigenvalue weighted by atomic mass is 9.92. The number of methoxy groups -OCH3 is 2. The number of hydrogen-bond donors (Lipinski definition) is 0. The van der Waals surface area contributed by atoms with Gasteiger partial charge in [-0.3, -0.25) is 14.2 Å². The molecule has 1 atom stereocenters. The highest BCUT2D eigenvalue weighted by atomic mass is 32.1. The molecule has 272 valence electrons. The van der Waals surface area contributed by atoms with E-state index in [4.69, 9.17) is 19.2 Å². The molecule has 0 saturated carbocycles. The summed E-state index contributed by atoms with van der Waals surface area (Å²) in [6.45, 7) is 2.68. The van der Waals surface area contributed by atoms with Crippen LogP contribution in [0.3, 0.4) is 0 Å². The Morgan fingerprint density at radius 3 is 2.50 bits per heavy atom. The summed E-state index contributed by atoms with van der Waals surface area (Å²) >= 11 is 1.24. The summed E-state index contributed by atoms with van der Waals surface area (Å²) in [5.41, 5.74) is 5.34. The van der Waals surface area contributed by atoms with Crippen molar-refractivity contribution in [1.82, 2.24) is 9.13 Å². The number of rotatable bonds is 9. The highest BCUT2D eigenvalue weighted by Gasteiger charge is 2.37. The number of benzene rings is 4. The minimum absolute atomic E-state index is 0.000925. The van der Waals surface area contributed by atoms with Gasteiger partial charge in [0.1, 0.15) is 12.6 Å². The molecule has 0 saturated heterocycles.